The molecule has 0 atom stereocenters. The van der Waals surface area contributed by atoms with Crippen molar-refractivity contribution in [3.8, 4) is 11.3 Å². The lowest BCUT2D eigenvalue weighted by molar-refractivity contribution is -0.122. The lowest BCUT2D eigenvalue weighted by atomic mass is 10.1. The lowest BCUT2D eigenvalue weighted by Gasteiger charge is -2.27. The summed E-state index contributed by atoms with van der Waals surface area (Å²) in [6, 6.07) is 14.8. The molecule has 2 heterocycles. The number of urea groups is 1. The van der Waals surface area contributed by atoms with Crippen LogP contribution in [0.4, 0.5) is 10.5 Å². The number of carbonyl (C=O) groups excluding carboxylic acids is 3. The maximum atomic E-state index is 13.0. The summed E-state index contributed by atoms with van der Waals surface area (Å²) in [5, 5.41) is 2.73. The lowest BCUT2D eigenvalue weighted by Crippen LogP contribution is -2.54. The van der Waals surface area contributed by atoms with E-state index in [9.17, 15) is 14.4 Å². The number of furan rings is 1. The highest BCUT2D eigenvalue weighted by Crippen LogP contribution is 2.31. The Morgan fingerprint density at radius 2 is 1.83 bits per heavy atom. The number of nitrogens with zero attached hydrogens (tertiary/aromatic N) is 1. The van der Waals surface area contributed by atoms with Crippen molar-refractivity contribution in [1.29, 1.82) is 0 Å². The number of para-hydroxylation sites is 1. The van der Waals surface area contributed by atoms with E-state index < -0.39 is 17.8 Å². The van der Waals surface area contributed by atoms with Crippen LogP contribution in [0.3, 0.4) is 0 Å². The highest BCUT2D eigenvalue weighted by Gasteiger charge is 2.37. The van der Waals surface area contributed by atoms with E-state index in [0.717, 1.165) is 20.5 Å². The van der Waals surface area contributed by atoms with Crippen LogP contribution in [0.15, 0.2) is 69.1 Å². The first-order valence-corrected chi connectivity index (χ1v) is 10.0. The molecule has 6 nitrogen and oxygen atoms in total. The number of anilines is 1. The van der Waals surface area contributed by atoms with Crippen LogP contribution in [-0.4, -0.2) is 17.8 Å². The van der Waals surface area contributed by atoms with Crippen molar-refractivity contribution in [2.24, 2.45) is 0 Å². The summed E-state index contributed by atoms with van der Waals surface area (Å²) >= 11 is 9.46. The van der Waals surface area contributed by atoms with Crippen molar-refractivity contribution in [2.45, 2.75) is 6.92 Å². The predicted octanol–water partition coefficient (Wildman–Crippen LogP) is 5.34. The molecule has 1 fully saturated rings. The summed E-state index contributed by atoms with van der Waals surface area (Å²) in [4.78, 5) is 38.6. The number of hydrogen-bond acceptors (Lipinski definition) is 4. The predicted molar refractivity (Wildman–Crippen MR) is 117 cm³/mol. The molecule has 150 valence electrons. The Kier molecular flexibility index (Phi) is 5.32. The molecule has 1 aliphatic rings. The van der Waals surface area contributed by atoms with E-state index in [4.69, 9.17) is 16.0 Å². The molecular formula is C22H14BrClN2O4. The molecule has 4 amide bonds. The van der Waals surface area contributed by atoms with Gasteiger partial charge in [-0.25, -0.2) is 9.69 Å². The molecule has 1 aliphatic heterocycles. The molecule has 0 aliphatic carbocycles. The van der Waals surface area contributed by atoms with Crippen LogP contribution >= 0.6 is 27.5 Å². The van der Waals surface area contributed by atoms with Crippen LogP contribution < -0.4 is 10.2 Å². The van der Waals surface area contributed by atoms with Gasteiger partial charge in [-0.1, -0.05) is 35.9 Å². The first-order valence-electron chi connectivity index (χ1n) is 8.87. The molecule has 0 radical (unpaired) electrons. The molecule has 4 rings (SSSR count). The SMILES string of the molecule is Cc1ccccc1N1C(=O)NC(=O)/C(=C\c2ccc(-c3ccc(Br)c(Cl)c3)o2)C1=O. The second kappa shape index (κ2) is 7.93. The highest BCUT2D eigenvalue weighted by molar-refractivity contribution is 9.10. The zero-order valence-electron chi connectivity index (χ0n) is 15.6. The third kappa shape index (κ3) is 3.69. The molecule has 0 unspecified atom stereocenters. The van der Waals surface area contributed by atoms with Gasteiger partial charge in [0.05, 0.1) is 10.7 Å². The van der Waals surface area contributed by atoms with E-state index in [1.165, 1.54) is 6.08 Å². The van der Waals surface area contributed by atoms with Gasteiger partial charge in [0, 0.05) is 10.0 Å². The normalized spacial score (nSPS) is 15.6. The Bertz CT molecular complexity index is 1230. The minimum atomic E-state index is -0.791. The number of carbonyl (C=O) groups is 3. The van der Waals surface area contributed by atoms with Crippen LogP contribution in [0.25, 0.3) is 17.4 Å². The van der Waals surface area contributed by atoms with Crippen molar-refractivity contribution in [3.05, 3.63) is 81.0 Å². The fourth-order valence-corrected chi connectivity index (χ4v) is 3.49. The van der Waals surface area contributed by atoms with Crippen molar-refractivity contribution in [1.82, 2.24) is 5.32 Å². The van der Waals surface area contributed by atoms with Gasteiger partial charge in [0.2, 0.25) is 0 Å². The second-order valence-corrected chi connectivity index (χ2v) is 7.84. The molecule has 1 aromatic heterocycles. The van der Waals surface area contributed by atoms with Gasteiger partial charge >= 0.3 is 6.03 Å². The van der Waals surface area contributed by atoms with E-state index in [0.29, 0.717) is 22.2 Å². The second-order valence-electron chi connectivity index (χ2n) is 6.58. The summed E-state index contributed by atoms with van der Waals surface area (Å²) in [6.45, 7) is 1.78. The van der Waals surface area contributed by atoms with Gasteiger partial charge in [-0.3, -0.25) is 14.9 Å². The van der Waals surface area contributed by atoms with Crippen LogP contribution in [0.2, 0.25) is 5.02 Å². The van der Waals surface area contributed by atoms with Crippen LogP contribution in [0.5, 0.6) is 0 Å². The maximum absolute atomic E-state index is 13.0. The Morgan fingerprint density at radius 3 is 2.57 bits per heavy atom. The molecule has 3 aromatic rings. The molecule has 0 spiro atoms. The molecule has 2 aromatic carbocycles. The van der Waals surface area contributed by atoms with E-state index >= 15 is 0 Å². The first-order chi connectivity index (χ1) is 14.3. The van der Waals surface area contributed by atoms with Gasteiger partial charge in [-0.15, -0.1) is 0 Å². The fraction of sp³-hybridized carbons (Fsp3) is 0.0455. The number of nitrogens with one attached hydrogen (secondary N) is 1. The van der Waals surface area contributed by atoms with E-state index in [1.54, 1.807) is 55.5 Å². The summed E-state index contributed by atoms with van der Waals surface area (Å²) in [6.07, 6.45) is 1.32. The zero-order valence-corrected chi connectivity index (χ0v) is 18.0. The quantitative estimate of drug-likeness (QED) is 0.401. The van der Waals surface area contributed by atoms with E-state index in [1.807, 2.05) is 6.07 Å². The highest BCUT2D eigenvalue weighted by atomic mass is 79.9. The number of rotatable bonds is 3. The maximum Gasteiger partial charge on any atom is 0.335 e. The summed E-state index contributed by atoms with van der Waals surface area (Å²) in [7, 11) is 0. The third-order valence-electron chi connectivity index (χ3n) is 4.58. The number of hydrogen-bond donors (Lipinski definition) is 1. The summed E-state index contributed by atoms with van der Waals surface area (Å²) in [5.41, 5.74) is 1.67. The van der Waals surface area contributed by atoms with Crippen LogP contribution in [0.1, 0.15) is 11.3 Å². The number of aryl methyl sites for hydroxylation is 1. The topological polar surface area (TPSA) is 79.6 Å². The molecule has 0 saturated carbocycles. The standard InChI is InChI=1S/C22H14BrClN2O4/c1-12-4-2-3-5-18(12)26-21(28)15(20(27)25-22(26)29)11-14-7-9-19(30-14)13-6-8-16(23)17(24)10-13/h2-11H,1H3,(H,25,27,29)/b15-11+. The number of imide groups is 2. The number of barbiturate groups is 1. The molecule has 30 heavy (non-hydrogen) atoms. The van der Waals surface area contributed by atoms with Gasteiger partial charge in [0.1, 0.15) is 17.1 Å². The Labute approximate surface area is 185 Å². The molecule has 1 saturated heterocycles. The summed E-state index contributed by atoms with van der Waals surface area (Å²) in [5.74, 6) is -0.685. The molecule has 1 N–H and O–H groups in total. The van der Waals surface area contributed by atoms with Crippen LogP contribution in [0, 0.1) is 6.92 Å². The number of amides is 4. The van der Waals surface area contributed by atoms with Gasteiger partial charge in [0.15, 0.2) is 0 Å². The minimum absolute atomic E-state index is 0.201. The average Bonchev–Trinajstić information content (AvgIpc) is 3.17. The summed E-state index contributed by atoms with van der Waals surface area (Å²) < 4.78 is 6.53. The fourth-order valence-electron chi connectivity index (χ4n) is 3.07. The molecular weight excluding hydrogens is 472 g/mol. The molecule has 8 heteroatoms. The van der Waals surface area contributed by atoms with Crippen molar-refractivity contribution in [2.75, 3.05) is 4.90 Å². The number of halogens is 2. The van der Waals surface area contributed by atoms with E-state index in [2.05, 4.69) is 21.2 Å². The van der Waals surface area contributed by atoms with E-state index in [-0.39, 0.29) is 5.57 Å². The minimum Gasteiger partial charge on any atom is -0.457 e. The molecule has 0 bridgehead atoms. The van der Waals surface area contributed by atoms with Gasteiger partial charge in [-0.2, -0.15) is 0 Å². The Hall–Kier alpha value is -3.16. The monoisotopic (exact) mass is 484 g/mol. The van der Waals surface area contributed by atoms with Crippen LogP contribution in [-0.2, 0) is 9.59 Å². The largest absolute Gasteiger partial charge is 0.457 e. The van der Waals surface area contributed by atoms with Gasteiger partial charge < -0.3 is 4.42 Å². The number of benzene rings is 2. The Morgan fingerprint density at radius 1 is 1.07 bits per heavy atom. The van der Waals surface area contributed by atoms with Crippen molar-refractivity contribution in [3.63, 3.8) is 0 Å². The average molecular weight is 486 g/mol. The van der Waals surface area contributed by atoms with Gasteiger partial charge in [-0.05, 0) is 64.8 Å². The smallest absolute Gasteiger partial charge is 0.335 e. The first kappa shape index (κ1) is 20.1. The third-order valence-corrected chi connectivity index (χ3v) is 5.81. The zero-order chi connectivity index (χ0) is 21.4. The van der Waals surface area contributed by atoms with Crippen molar-refractivity contribution >= 4 is 57.1 Å². The Balaban J connectivity index is 1.69. The van der Waals surface area contributed by atoms with Crippen molar-refractivity contribution < 1.29 is 18.8 Å². The van der Waals surface area contributed by atoms with Gasteiger partial charge in [0.25, 0.3) is 11.8 Å².